The molecule has 0 aliphatic rings. The summed E-state index contributed by atoms with van der Waals surface area (Å²) in [6.07, 6.45) is 0.804. The minimum absolute atomic E-state index is 0.396. The fourth-order valence-electron chi connectivity index (χ4n) is 1.66. The fraction of sp³-hybridized carbons (Fsp3) is 0.133. The molecule has 3 heteroatoms. The van der Waals surface area contributed by atoms with Crippen molar-refractivity contribution >= 4 is 11.6 Å². The van der Waals surface area contributed by atoms with E-state index in [1.54, 1.807) is 18.2 Å². The van der Waals surface area contributed by atoms with Crippen LogP contribution in [0.4, 0.5) is 0 Å². The maximum atomic E-state index is 9.00. The summed E-state index contributed by atoms with van der Waals surface area (Å²) in [6.45, 7) is 0.527. The highest BCUT2D eigenvalue weighted by Gasteiger charge is 2.06. The summed E-state index contributed by atoms with van der Waals surface area (Å²) in [5, 5.41) is 9.43. The van der Waals surface area contributed by atoms with Gasteiger partial charge in [0.1, 0.15) is 17.4 Å². The molecule has 2 rings (SSSR count). The lowest BCUT2D eigenvalue weighted by molar-refractivity contribution is 0.321. The Bertz CT molecular complexity index is 560. The van der Waals surface area contributed by atoms with Crippen LogP contribution in [0.1, 0.15) is 11.1 Å². The van der Waals surface area contributed by atoms with Gasteiger partial charge in [0.05, 0.1) is 11.6 Å². The summed E-state index contributed by atoms with van der Waals surface area (Å²) >= 11 is 5.92. The monoisotopic (exact) mass is 257 g/mol. The van der Waals surface area contributed by atoms with Gasteiger partial charge in [0.25, 0.3) is 0 Å². The van der Waals surface area contributed by atoms with E-state index in [-0.39, 0.29) is 0 Å². The zero-order chi connectivity index (χ0) is 12.8. The molecule has 0 fully saturated rings. The Morgan fingerprint density at radius 1 is 1.06 bits per heavy atom. The van der Waals surface area contributed by atoms with Gasteiger partial charge in [-0.15, -0.1) is 0 Å². The maximum absolute atomic E-state index is 9.00. The number of nitriles is 1. The summed E-state index contributed by atoms with van der Waals surface area (Å²) in [5.41, 5.74) is 1.60. The first kappa shape index (κ1) is 12.5. The van der Waals surface area contributed by atoms with Gasteiger partial charge >= 0.3 is 0 Å². The molecule has 2 aromatic rings. The van der Waals surface area contributed by atoms with E-state index in [0.29, 0.717) is 22.9 Å². The number of rotatable bonds is 4. The summed E-state index contributed by atoms with van der Waals surface area (Å²) in [7, 11) is 0. The van der Waals surface area contributed by atoms with Gasteiger partial charge in [0.15, 0.2) is 0 Å². The average Bonchev–Trinajstić information content (AvgIpc) is 2.40. The summed E-state index contributed by atoms with van der Waals surface area (Å²) in [4.78, 5) is 0. The van der Waals surface area contributed by atoms with Crippen LogP contribution >= 0.6 is 11.6 Å². The van der Waals surface area contributed by atoms with Crippen molar-refractivity contribution in [2.24, 2.45) is 0 Å². The molecule has 2 nitrogen and oxygen atoms in total. The maximum Gasteiger partial charge on any atom is 0.138 e. The largest absolute Gasteiger partial charge is 0.492 e. The first-order valence-electron chi connectivity index (χ1n) is 5.66. The predicted octanol–water partition coefficient (Wildman–Crippen LogP) is 3.83. The van der Waals surface area contributed by atoms with Crippen molar-refractivity contribution in [1.29, 1.82) is 5.26 Å². The first-order valence-corrected chi connectivity index (χ1v) is 6.04. The Morgan fingerprint density at radius 2 is 1.83 bits per heavy atom. The molecule has 90 valence electrons. The fourth-order valence-corrected chi connectivity index (χ4v) is 1.86. The summed E-state index contributed by atoms with van der Waals surface area (Å²) < 4.78 is 5.61. The Balaban J connectivity index is 1.99. The molecular weight excluding hydrogens is 246 g/mol. The Labute approximate surface area is 111 Å². The van der Waals surface area contributed by atoms with Crippen LogP contribution in [0.15, 0.2) is 48.5 Å². The van der Waals surface area contributed by atoms with Crippen LogP contribution in [0.25, 0.3) is 0 Å². The van der Waals surface area contributed by atoms with Crippen molar-refractivity contribution in [3.63, 3.8) is 0 Å². The van der Waals surface area contributed by atoms with Gasteiger partial charge in [0, 0.05) is 6.42 Å². The number of hydrogen-bond donors (Lipinski definition) is 0. The molecule has 2 aromatic carbocycles. The van der Waals surface area contributed by atoms with Gasteiger partial charge in [-0.2, -0.15) is 5.26 Å². The van der Waals surface area contributed by atoms with E-state index in [0.717, 1.165) is 6.42 Å². The lowest BCUT2D eigenvalue weighted by Gasteiger charge is -2.08. The zero-order valence-electron chi connectivity index (χ0n) is 9.77. The number of benzene rings is 2. The van der Waals surface area contributed by atoms with Gasteiger partial charge < -0.3 is 4.74 Å². The molecule has 0 saturated heterocycles. The highest BCUT2D eigenvalue weighted by molar-refractivity contribution is 6.31. The van der Waals surface area contributed by atoms with E-state index in [1.807, 2.05) is 30.3 Å². The molecule has 0 amide bonds. The van der Waals surface area contributed by atoms with Crippen LogP contribution in [0.2, 0.25) is 5.02 Å². The molecule has 0 radical (unpaired) electrons. The van der Waals surface area contributed by atoms with Crippen LogP contribution in [0.3, 0.4) is 0 Å². The van der Waals surface area contributed by atoms with Crippen LogP contribution < -0.4 is 4.74 Å². The zero-order valence-corrected chi connectivity index (χ0v) is 10.5. The number of hydrogen-bond acceptors (Lipinski definition) is 2. The molecule has 0 atom stereocenters. The number of ether oxygens (including phenoxy) is 1. The Hall–Kier alpha value is -1.98. The Morgan fingerprint density at radius 3 is 2.56 bits per heavy atom. The predicted molar refractivity (Wildman–Crippen MR) is 71.8 cm³/mol. The molecule has 0 aromatic heterocycles. The van der Waals surface area contributed by atoms with E-state index in [9.17, 15) is 0 Å². The van der Waals surface area contributed by atoms with Crippen LogP contribution in [-0.2, 0) is 6.42 Å². The number of nitrogens with zero attached hydrogens (tertiary/aromatic N) is 1. The molecule has 0 spiro atoms. The van der Waals surface area contributed by atoms with E-state index in [4.69, 9.17) is 21.6 Å². The molecule has 0 heterocycles. The number of halogens is 1. The summed E-state index contributed by atoms with van der Waals surface area (Å²) in [6, 6.07) is 17.3. The topological polar surface area (TPSA) is 33.0 Å². The second-order valence-corrected chi connectivity index (χ2v) is 4.22. The third-order valence-electron chi connectivity index (χ3n) is 2.58. The standard InChI is InChI=1S/C15H12ClNO/c16-14-7-4-8-15(13(14)11-17)18-10-9-12-5-2-1-3-6-12/h1-8H,9-10H2. The van der Waals surface area contributed by atoms with Crippen LogP contribution in [-0.4, -0.2) is 6.61 Å². The first-order chi connectivity index (χ1) is 8.81. The molecule has 0 aliphatic heterocycles. The van der Waals surface area contributed by atoms with Crippen molar-refractivity contribution in [3.05, 3.63) is 64.7 Å². The van der Waals surface area contributed by atoms with Crippen molar-refractivity contribution in [1.82, 2.24) is 0 Å². The van der Waals surface area contributed by atoms with Crippen LogP contribution in [0.5, 0.6) is 5.75 Å². The molecular formula is C15H12ClNO. The average molecular weight is 258 g/mol. The highest BCUT2D eigenvalue weighted by atomic mass is 35.5. The third-order valence-corrected chi connectivity index (χ3v) is 2.89. The second kappa shape index (κ2) is 6.09. The van der Waals surface area contributed by atoms with E-state index >= 15 is 0 Å². The van der Waals surface area contributed by atoms with Crippen molar-refractivity contribution in [2.75, 3.05) is 6.61 Å². The van der Waals surface area contributed by atoms with Crippen molar-refractivity contribution in [3.8, 4) is 11.8 Å². The molecule has 0 bridgehead atoms. The normalized spacial score (nSPS) is 9.78. The molecule has 0 saturated carbocycles. The van der Waals surface area contributed by atoms with Gasteiger partial charge in [-0.25, -0.2) is 0 Å². The van der Waals surface area contributed by atoms with E-state index in [2.05, 4.69) is 6.07 Å². The van der Waals surface area contributed by atoms with Gasteiger partial charge in [-0.3, -0.25) is 0 Å². The third kappa shape index (κ3) is 3.03. The van der Waals surface area contributed by atoms with Gasteiger partial charge in [0.2, 0.25) is 0 Å². The highest BCUT2D eigenvalue weighted by Crippen LogP contribution is 2.25. The minimum Gasteiger partial charge on any atom is -0.492 e. The molecule has 18 heavy (non-hydrogen) atoms. The summed E-state index contributed by atoms with van der Waals surface area (Å²) in [5.74, 6) is 0.543. The quantitative estimate of drug-likeness (QED) is 0.834. The smallest absolute Gasteiger partial charge is 0.138 e. The molecule has 0 N–H and O–H groups in total. The lowest BCUT2D eigenvalue weighted by atomic mass is 10.2. The van der Waals surface area contributed by atoms with Crippen LogP contribution in [0, 0.1) is 11.3 Å². The molecule has 0 unspecified atom stereocenters. The van der Waals surface area contributed by atoms with E-state index in [1.165, 1.54) is 5.56 Å². The van der Waals surface area contributed by atoms with E-state index < -0.39 is 0 Å². The molecule has 0 aliphatic carbocycles. The van der Waals surface area contributed by atoms with Crippen molar-refractivity contribution < 1.29 is 4.74 Å². The van der Waals surface area contributed by atoms with Gasteiger partial charge in [-0.1, -0.05) is 48.0 Å². The van der Waals surface area contributed by atoms with Gasteiger partial charge in [-0.05, 0) is 17.7 Å². The van der Waals surface area contributed by atoms with Crippen molar-refractivity contribution in [2.45, 2.75) is 6.42 Å². The SMILES string of the molecule is N#Cc1c(Cl)cccc1OCCc1ccccc1. The minimum atomic E-state index is 0.396. The lowest BCUT2D eigenvalue weighted by Crippen LogP contribution is -2.02. The Kier molecular flexibility index (Phi) is 4.22. The second-order valence-electron chi connectivity index (χ2n) is 3.81.